The van der Waals surface area contributed by atoms with Crippen LogP contribution in [0.1, 0.15) is 47.9 Å². The molecule has 2 amide bonds. The van der Waals surface area contributed by atoms with Crippen LogP contribution in [0.25, 0.3) is 0 Å². The molecule has 1 heterocycles. The second-order valence-corrected chi connectivity index (χ2v) is 5.27. The van der Waals surface area contributed by atoms with E-state index in [1.165, 1.54) is 6.07 Å². The lowest BCUT2D eigenvalue weighted by Gasteiger charge is -2.12. The van der Waals surface area contributed by atoms with Crippen LogP contribution >= 0.6 is 0 Å². The molecule has 0 fully saturated rings. The number of amides is 2. The van der Waals surface area contributed by atoms with E-state index in [0.29, 0.717) is 23.5 Å². The number of benzene rings is 1. The van der Waals surface area contributed by atoms with E-state index < -0.39 is 16.9 Å². The van der Waals surface area contributed by atoms with Crippen LogP contribution in [0.5, 0.6) is 5.75 Å². The van der Waals surface area contributed by atoms with Gasteiger partial charge < -0.3 is 14.9 Å². The lowest BCUT2D eigenvalue weighted by atomic mass is 10.1. The molecule has 0 saturated carbocycles. The van der Waals surface area contributed by atoms with Gasteiger partial charge in [0.15, 0.2) is 0 Å². The smallest absolute Gasteiger partial charge is 0.294 e. The Morgan fingerprint density at radius 2 is 1.77 bits per heavy atom. The molecule has 0 aliphatic carbocycles. The standard InChI is InChI=1S/C13H14N2O6.C4H11N/c1-2-20-9-4-5-10-11(8-9)13(17)14(12(10)16)6-3-7-21-15(18)19;1-3-5-4-2/h4-5,8H,2-3,6-7H2,1H3;5H,3-4H2,1-2H3. The van der Waals surface area contributed by atoms with Crippen molar-refractivity contribution >= 4 is 11.8 Å². The molecule has 2 rings (SSSR count). The fraction of sp³-hybridized carbons (Fsp3) is 0.529. The van der Waals surface area contributed by atoms with Crippen LogP contribution in [-0.2, 0) is 4.84 Å². The van der Waals surface area contributed by atoms with E-state index in [2.05, 4.69) is 24.0 Å². The molecule has 0 saturated heterocycles. The minimum absolute atomic E-state index is 0.0736. The van der Waals surface area contributed by atoms with Gasteiger partial charge in [-0.25, -0.2) is 0 Å². The fourth-order valence-corrected chi connectivity index (χ4v) is 2.34. The van der Waals surface area contributed by atoms with Gasteiger partial charge in [-0.15, -0.1) is 10.1 Å². The first-order chi connectivity index (χ1) is 12.5. The second kappa shape index (κ2) is 11.0. The Morgan fingerprint density at radius 3 is 2.31 bits per heavy atom. The molecule has 0 atom stereocenters. The average Bonchev–Trinajstić information content (AvgIpc) is 2.84. The van der Waals surface area contributed by atoms with E-state index >= 15 is 0 Å². The Bertz CT molecular complexity index is 633. The number of hydrogen-bond acceptors (Lipinski definition) is 7. The fourth-order valence-electron chi connectivity index (χ4n) is 2.34. The molecule has 144 valence electrons. The molecule has 1 aliphatic rings. The van der Waals surface area contributed by atoms with Crippen molar-refractivity contribution in [2.45, 2.75) is 27.2 Å². The molecule has 1 N–H and O–H groups in total. The van der Waals surface area contributed by atoms with Gasteiger partial charge in [-0.2, -0.15) is 0 Å². The summed E-state index contributed by atoms with van der Waals surface area (Å²) in [6, 6.07) is 4.72. The molecule has 0 aromatic heterocycles. The number of nitrogens with zero attached hydrogens (tertiary/aromatic N) is 2. The lowest BCUT2D eigenvalue weighted by Crippen LogP contribution is -2.31. The Balaban J connectivity index is 0.000000597. The van der Waals surface area contributed by atoms with Crippen molar-refractivity contribution in [3.8, 4) is 5.75 Å². The third-order valence-electron chi connectivity index (χ3n) is 3.48. The second-order valence-electron chi connectivity index (χ2n) is 5.27. The molecule has 0 bridgehead atoms. The van der Waals surface area contributed by atoms with Gasteiger partial charge >= 0.3 is 0 Å². The lowest BCUT2D eigenvalue weighted by molar-refractivity contribution is -0.757. The Morgan fingerprint density at radius 1 is 1.12 bits per heavy atom. The third-order valence-corrected chi connectivity index (χ3v) is 3.48. The van der Waals surface area contributed by atoms with Crippen molar-refractivity contribution in [2.75, 3.05) is 32.8 Å². The molecule has 0 radical (unpaired) electrons. The number of ether oxygens (including phenoxy) is 1. The zero-order valence-electron chi connectivity index (χ0n) is 15.3. The van der Waals surface area contributed by atoms with Crippen LogP contribution in [0.2, 0.25) is 0 Å². The molecular formula is C17H25N3O6. The highest BCUT2D eigenvalue weighted by molar-refractivity contribution is 6.21. The number of imide groups is 1. The first kappa shape index (κ1) is 21.4. The van der Waals surface area contributed by atoms with Crippen LogP contribution in [0.15, 0.2) is 18.2 Å². The third kappa shape index (κ3) is 5.99. The highest BCUT2D eigenvalue weighted by Crippen LogP contribution is 2.26. The highest BCUT2D eigenvalue weighted by Gasteiger charge is 2.35. The minimum Gasteiger partial charge on any atom is -0.494 e. The predicted molar refractivity (Wildman–Crippen MR) is 94.8 cm³/mol. The SMILES string of the molecule is CCNCC.CCOc1ccc2c(c1)C(=O)N(CCCO[N+](=O)[O-])C2=O. The maximum atomic E-state index is 12.2. The van der Waals surface area contributed by atoms with Crippen molar-refractivity contribution in [1.82, 2.24) is 10.2 Å². The summed E-state index contributed by atoms with van der Waals surface area (Å²) < 4.78 is 5.30. The van der Waals surface area contributed by atoms with E-state index in [4.69, 9.17) is 4.74 Å². The average molecular weight is 367 g/mol. The van der Waals surface area contributed by atoms with Crippen molar-refractivity contribution in [2.24, 2.45) is 0 Å². The number of nitrogens with one attached hydrogen (secondary N) is 1. The summed E-state index contributed by atoms with van der Waals surface area (Å²) in [6.07, 6.45) is 0.199. The van der Waals surface area contributed by atoms with Gasteiger partial charge in [0.2, 0.25) is 0 Å². The molecule has 1 aromatic rings. The highest BCUT2D eigenvalue weighted by atomic mass is 16.9. The van der Waals surface area contributed by atoms with E-state index in [1.54, 1.807) is 12.1 Å². The van der Waals surface area contributed by atoms with Crippen LogP contribution in [-0.4, -0.2) is 54.6 Å². The van der Waals surface area contributed by atoms with Crippen molar-refractivity contribution < 1.29 is 24.3 Å². The molecule has 26 heavy (non-hydrogen) atoms. The summed E-state index contributed by atoms with van der Waals surface area (Å²) >= 11 is 0. The van der Waals surface area contributed by atoms with E-state index in [0.717, 1.165) is 18.0 Å². The van der Waals surface area contributed by atoms with E-state index in [9.17, 15) is 19.7 Å². The van der Waals surface area contributed by atoms with Crippen molar-refractivity contribution in [3.63, 3.8) is 0 Å². The first-order valence-corrected chi connectivity index (χ1v) is 8.57. The monoisotopic (exact) mass is 367 g/mol. The Labute approximate surface area is 152 Å². The maximum Gasteiger partial charge on any atom is 0.294 e. The summed E-state index contributed by atoms with van der Waals surface area (Å²) in [5.41, 5.74) is 0.611. The normalized spacial score (nSPS) is 12.3. The van der Waals surface area contributed by atoms with Crippen LogP contribution in [0.4, 0.5) is 0 Å². The molecule has 9 heteroatoms. The van der Waals surface area contributed by atoms with E-state index in [1.807, 2.05) is 6.92 Å². The van der Waals surface area contributed by atoms with Gasteiger partial charge in [0.25, 0.3) is 16.9 Å². The van der Waals surface area contributed by atoms with E-state index in [-0.39, 0.29) is 19.6 Å². The number of fused-ring (bicyclic) bond motifs is 1. The van der Waals surface area contributed by atoms with Gasteiger partial charge in [-0.1, -0.05) is 13.8 Å². The molecular weight excluding hydrogens is 342 g/mol. The van der Waals surface area contributed by atoms with Crippen LogP contribution in [0, 0.1) is 10.1 Å². The molecule has 1 aliphatic heterocycles. The Kier molecular flexibility index (Phi) is 9.07. The van der Waals surface area contributed by atoms with Gasteiger partial charge in [0, 0.05) is 6.54 Å². The minimum atomic E-state index is -0.906. The molecule has 0 spiro atoms. The quantitative estimate of drug-likeness (QED) is 0.307. The van der Waals surface area contributed by atoms with Crippen molar-refractivity contribution in [3.05, 3.63) is 39.4 Å². The Hall–Kier alpha value is -2.68. The zero-order valence-corrected chi connectivity index (χ0v) is 15.3. The molecule has 9 nitrogen and oxygen atoms in total. The van der Waals surface area contributed by atoms with Crippen LogP contribution in [0.3, 0.4) is 0 Å². The van der Waals surface area contributed by atoms with Gasteiger partial charge in [0.1, 0.15) is 5.75 Å². The number of hydrogen-bond donors (Lipinski definition) is 1. The molecule has 1 aromatic carbocycles. The number of carbonyl (C=O) groups is 2. The largest absolute Gasteiger partial charge is 0.494 e. The summed E-state index contributed by atoms with van der Waals surface area (Å²) in [6.45, 7) is 8.58. The number of carbonyl (C=O) groups excluding carboxylic acids is 2. The zero-order chi connectivity index (χ0) is 19.5. The summed E-state index contributed by atoms with van der Waals surface area (Å²) in [7, 11) is 0. The van der Waals surface area contributed by atoms with Gasteiger partial charge in [0.05, 0.1) is 24.3 Å². The summed E-state index contributed by atoms with van der Waals surface area (Å²) in [5.74, 6) is -0.298. The number of rotatable bonds is 9. The maximum absolute atomic E-state index is 12.2. The first-order valence-electron chi connectivity index (χ1n) is 8.57. The predicted octanol–water partition coefficient (Wildman–Crippen LogP) is 1.90. The summed E-state index contributed by atoms with van der Waals surface area (Å²) in [4.78, 5) is 39.5. The molecule has 0 unspecified atom stereocenters. The van der Waals surface area contributed by atoms with Gasteiger partial charge in [-0.05, 0) is 44.6 Å². The van der Waals surface area contributed by atoms with Gasteiger partial charge in [-0.3, -0.25) is 14.5 Å². The topological polar surface area (TPSA) is 111 Å². The van der Waals surface area contributed by atoms with Crippen LogP contribution < -0.4 is 10.1 Å². The summed E-state index contributed by atoms with van der Waals surface area (Å²) in [5, 5.41) is 12.2. The van der Waals surface area contributed by atoms with Crippen molar-refractivity contribution in [1.29, 1.82) is 0 Å².